The molecule has 0 aromatic heterocycles. The molecule has 2 amide bonds. The topological polar surface area (TPSA) is 63.7 Å². The molecule has 30 heavy (non-hydrogen) atoms. The van der Waals surface area contributed by atoms with Crippen LogP contribution in [0.5, 0.6) is 0 Å². The lowest BCUT2D eigenvalue weighted by Gasteiger charge is -2.22. The molecule has 8 heteroatoms. The third-order valence-electron chi connectivity index (χ3n) is 5.83. The minimum absolute atomic E-state index is 0.0257. The van der Waals surface area contributed by atoms with E-state index >= 15 is 0 Å². The van der Waals surface area contributed by atoms with Crippen molar-refractivity contribution in [2.45, 2.75) is 68.8 Å². The maximum atomic E-state index is 14.7. The Bertz CT molecular complexity index is 898. The van der Waals surface area contributed by atoms with Crippen LogP contribution >= 0.6 is 23.4 Å². The molecule has 0 radical (unpaired) electrons. The molecule has 0 spiro atoms. The molecule has 5 nitrogen and oxygen atoms in total. The largest absolute Gasteiger partial charge is 0.462 e. The highest BCUT2D eigenvalue weighted by atomic mass is 35.5. The highest BCUT2D eigenvalue weighted by Gasteiger charge is 2.41. The average Bonchev–Trinajstić information content (AvgIpc) is 2.99. The van der Waals surface area contributed by atoms with Gasteiger partial charge in [-0.25, -0.2) is 9.29 Å². The number of esters is 1. The molecule has 1 aromatic carbocycles. The summed E-state index contributed by atoms with van der Waals surface area (Å²) in [5.74, 6) is -1.97. The molecule has 0 atom stereocenters. The number of anilines is 1. The summed E-state index contributed by atoms with van der Waals surface area (Å²) in [5.41, 5.74) is 0.865. The lowest BCUT2D eigenvalue weighted by Crippen LogP contribution is -2.32. The number of imide groups is 1. The predicted octanol–water partition coefficient (Wildman–Crippen LogP) is 5.19. The number of ether oxygens (including phenoxy) is 1. The molecule has 160 valence electrons. The zero-order valence-corrected chi connectivity index (χ0v) is 18.1. The first-order valence-corrected chi connectivity index (χ1v) is 11.7. The molecule has 2 aliphatic carbocycles. The van der Waals surface area contributed by atoms with Crippen LogP contribution in [0.4, 0.5) is 10.1 Å². The van der Waals surface area contributed by atoms with E-state index in [1.807, 2.05) is 0 Å². The first kappa shape index (κ1) is 21.4. The second-order valence-electron chi connectivity index (χ2n) is 7.88. The van der Waals surface area contributed by atoms with Crippen molar-refractivity contribution in [3.63, 3.8) is 0 Å². The Hall–Kier alpha value is -1.86. The highest BCUT2D eigenvalue weighted by molar-refractivity contribution is 8.00. The lowest BCUT2D eigenvalue weighted by atomic mass is 9.93. The maximum absolute atomic E-state index is 14.7. The van der Waals surface area contributed by atoms with Crippen molar-refractivity contribution in [2.24, 2.45) is 0 Å². The molecule has 3 aliphatic rings. The lowest BCUT2D eigenvalue weighted by molar-refractivity contribution is -0.147. The second kappa shape index (κ2) is 9.10. The summed E-state index contributed by atoms with van der Waals surface area (Å²) in [5, 5.41) is 0.128. The number of carbonyl (C=O) groups is 3. The summed E-state index contributed by atoms with van der Waals surface area (Å²) in [7, 11) is 0. The predicted molar refractivity (Wildman–Crippen MR) is 113 cm³/mol. The number of carbonyl (C=O) groups excluding carboxylic acids is 3. The van der Waals surface area contributed by atoms with Crippen LogP contribution in [0.3, 0.4) is 0 Å². The molecule has 1 fully saturated rings. The number of nitrogens with zero attached hydrogens (tertiary/aromatic N) is 1. The van der Waals surface area contributed by atoms with Crippen molar-refractivity contribution in [3.8, 4) is 0 Å². The summed E-state index contributed by atoms with van der Waals surface area (Å²) in [6.07, 6.45) is 7.80. The van der Waals surface area contributed by atoms with Crippen molar-refractivity contribution in [1.29, 1.82) is 0 Å². The minimum atomic E-state index is -0.740. The van der Waals surface area contributed by atoms with E-state index in [4.69, 9.17) is 16.3 Å². The molecule has 1 aliphatic heterocycles. The van der Waals surface area contributed by atoms with Gasteiger partial charge in [-0.2, -0.15) is 0 Å². The number of amides is 2. The fraction of sp³-hybridized carbons (Fsp3) is 0.500. The fourth-order valence-corrected chi connectivity index (χ4v) is 5.35. The van der Waals surface area contributed by atoms with Crippen LogP contribution < -0.4 is 4.90 Å². The number of hydrogen-bond acceptors (Lipinski definition) is 5. The fourth-order valence-electron chi connectivity index (χ4n) is 4.30. The summed E-state index contributed by atoms with van der Waals surface area (Å²) < 4.78 is 20.2. The Balaban J connectivity index is 1.48. The number of thioether (sulfide) groups is 1. The molecular formula is C22H23ClFNO4S. The van der Waals surface area contributed by atoms with Gasteiger partial charge < -0.3 is 4.74 Å². The zero-order valence-electron chi connectivity index (χ0n) is 16.5. The average molecular weight is 452 g/mol. The third-order valence-corrected chi connectivity index (χ3v) is 7.28. The van der Waals surface area contributed by atoms with E-state index in [1.165, 1.54) is 12.5 Å². The van der Waals surface area contributed by atoms with Gasteiger partial charge in [0.2, 0.25) is 0 Å². The summed E-state index contributed by atoms with van der Waals surface area (Å²) in [6.45, 7) is 0. The van der Waals surface area contributed by atoms with Crippen LogP contribution in [-0.4, -0.2) is 29.6 Å². The van der Waals surface area contributed by atoms with Gasteiger partial charge in [0.25, 0.3) is 11.8 Å². The molecule has 0 unspecified atom stereocenters. The maximum Gasteiger partial charge on any atom is 0.316 e. The summed E-state index contributed by atoms with van der Waals surface area (Å²) in [6, 6.07) is 2.47. The Kier molecular flexibility index (Phi) is 6.48. The van der Waals surface area contributed by atoms with Gasteiger partial charge in [0.1, 0.15) is 11.9 Å². The second-order valence-corrected chi connectivity index (χ2v) is 9.31. The Morgan fingerprint density at radius 3 is 2.33 bits per heavy atom. The Labute approximate surface area is 184 Å². The normalized spacial score (nSPS) is 20.0. The molecule has 0 N–H and O–H groups in total. The standard InChI is InChI=1S/C22H23ClFNO4S/c23-16-10-17(24)18(25-21(27)14-8-4-5-9-15(14)22(25)28)11-19(16)30-12-20(26)29-13-6-2-1-3-7-13/h10-11,13H,1-9,12H2. The quantitative estimate of drug-likeness (QED) is 0.350. The van der Waals surface area contributed by atoms with Crippen LogP contribution in [0.1, 0.15) is 57.8 Å². The van der Waals surface area contributed by atoms with Crippen LogP contribution in [-0.2, 0) is 19.1 Å². The van der Waals surface area contributed by atoms with E-state index in [-0.39, 0.29) is 28.5 Å². The molecule has 1 saturated carbocycles. The minimum Gasteiger partial charge on any atom is -0.462 e. The van der Waals surface area contributed by atoms with Crippen LogP contribution in [0.25, 0.3) is 0 Å². The van der Waals surface area contributed by atoms with Gasteiger partial charge in [-0.3, -0.25) is 14.4 Å². The molecule has 1 aromatic rings. The number of halogens is 2. The van der Waals surface area contributed by atoms with E-state index in [1.54, 1.807) is 0 Å². The van der Waals surface area contributed by atoms with Gasteiger partial charge in [0.05, 0.1) is 16.5 Å². The Morgan fingerprint density at radius 2 is 1.70 bits per heavy atom. The van der Waals surface area contributed by atoms with E-state index in [0.717, 1.165) is 61.3 Å². The van der Waals surface area contributed by atoms with Gasteiger partial charge in [-0.1, -0.05) is 18.0 Å². The van der Waals surface area contributed by atoms with Crippen molar-refractivity contribution in [1.82, 2.24) is 0 Å². The van der Waals surface area contributed by atoms with E-state index in [0.29, 0.717) is 28.9 Å². The van der Waals surface area contributed by atoms with Crippen LogP contribution in [0, 0.1) is 5.82 Å². The van der Waals surface area contributed by atoms with Crippen molar-refractivity contribution >= 4 is 46.8 Å². The highest BCUT2D eigenvalue weighted by Crippen LogP contribution is 2.39. The zero-order chi connectivity index (χ0) is 21.3. The van der Waals surface area contributed by atoms with Gasteiger partial charge >= 0.3 is 5.97 Å². The summed E-state index contributed by atoms with van der Waals surface area (Å²) in [4.78, 5) is 39.0. The monoisotopic (exact) mass is 451 g/mol. The van der Waals surface area contributed by atoms with Gasteiger partial charge in [-0.05, 0) is 63.5 Å². The SMILES string of the molecule is O=C(CSc1cc(N2C(=O)C3=C(CCCC3)C2=O)c(F)cc1Cl)OC1CCCCC1. The number of hydrogen-bond donors (Lipinski definition) is 0. The third kappa shape index (κ3) is 4.28. The molecule has 4 rings (SSSR count). The summed E-state index contributed by atoms with van der Waals surface area (Å²) >= 11 is 7.28. The first-order chi connectivity index (χ1) is 14.5. The van der Waals surface area contributed by atoms with Gasteiger partial charge in [-0.15, -0.1) is 11.8 Å². The van der Waals surface area contributed by atoms with Gasteiger partial charge in [0, 0.05) is 16.0 Å². The Morgan fingerprint density at radius 1 is 1.07 bits per heavy atom. The van der Waals surface area contributed by atoms with E-state index in [9.17, 15) is 18.8 Å². The number of rotatable bonds is 5. The van der Waals surface area contributed by atoms with Crippen molar-refractivity contribution in [2.75, 3.05) is 10.7 Å². The number of benzene rings is 1. The molecule has 0 saturated heterocycles. The molecule has 1 heterocycles. The van der Waals surface area contributed by atoms with E-state index in [2.05, 4.69) is 0 Å². The molecular weight excluding hydrogens is 429 g/mol. The first-order valence-electron chi connectivity index (χ1n) is 10.4. The molecule has 0 bridgehead atoms. The smallest absolute Gasteiger partial charge is 0.316 e. The van der Waals surface area contributed by atoms with Crippen molar-refractivity contribution in [3.05, 3.63) is 34.1 Å². The van der Waals surface area contributed by atoms with Crippen molar-refractivity contribution < 1.29 is 23.5 Å². The van der Waals surface area contributed by atoms with Gasteiger partial charge in [0.15, 0.2) is 0 Å². The van der Waals surface area contributed by atoms with Crippen LogP contribution in [0.2, 0.25) is 5.02 Å². The van der Waals surface area contributed by atoms with E-state index < -0.39 is 17.6 Å². The van der Waals surface area contributed by atoms with Crippen LogP contribution in [0.15, 0.2) is 28.2 Å².